The molecule has 3 unspecified atom stereocenters. The number of aromatic nitrogens is 1. The number of thioether (sulfide) groups is 1. The molecule has 1 aliphatic rings. The average molecular weight is 285 g/mol. The van der Waals surface area contributed by atoms with Gasteiger partial charge in [0.2, 0.25) is 0 Å². The molecule has 1 aromatic rings. The van der Waals surface area contributed by atoms with Crippen molar-refractivity contribution in [3.8, 4) is 0 Å². The molecule has 0 saturated carbocycles. The second-order valence-corrected chi connectivity index (χ2v) is 7.36. The highest BCUT2D eigenvalue weighted by atomic mass is 32.2. The van der Waals surface area contributed by atoms with Gasteiger partial charge in [-0.3, -0.25) is 0 Å². The maximum atomic E-state index is 4.62. The Hall–Kier alpha value is -0.260. The molecule has 0 spiro atoms. The number of rotatable bonds is 4. The van der Waals surface area contributed by atoms with Gasteiger partial charge in [-0.15, -0.1) is 11.3 Å². The van der Waals surface area contributed by atoms with Crippen LogP contribution in [-0.4, -0.2) is 35.1 Å². The summed E-state index contributed by atoms with van der Waals surface area (Å²) in [6.45, 7) is 11.1. The number of anilines is 1. The van der Waals surface area contributed by atoms with Gasteiger partial charge in [0.25, 0.3) is 0 Å². The van der Waals surface area contributed by atoms with Crippen molar-refractivity contribution in [2.24, 2.45) is 0 Å². The summed E-state index contributed by atoms with van der Waals surface area (Å²) in [6, 6.07) is 0.991. The van der Waals surface area contributed by atoms with E-state index in [1.807, 2.05) is 17.5 Å². The molecule has 5 heteroatoms. The van der Waals surface area contributed by atoms with E-state index in [1.165, 1.54) is 15.8 Å². The lowest BCUT2D eigenvalue weighted by Gasteiger charge is -2.37. The second kappa shape index (κ2) is 6.26. The summed E-state index contributed by atoms with van der Waals surface area (Å²) in [7, 11) is 0. The van der Waals surface area contributed by atoms with Gasteiger partial charge in [0.15, 0.2) is 5.13 Å². The van der Waals surface area contributed by atoms with Gasteiger partial charge in [-0.05, 0) is 20.4 Å². The van der Waals surface area contributed by atoms with E-state index in [4.69, 9.17) is 0 Å². The second-order valence-electron chi connectivity index (χ2n) is 4.83. The van der Waals surface area contributed by atoms with Crippen LogP contribution in [0.5, 0.6) is 0 Å². The van der Waals surface area contributed by atoms with Crippen molar-refractivity contribution in [2.75, 3.05) is 23.7 Å². The molecule has 18 heavy (non-hydrogen) atoms. The van der Waals surface area contributed by atoms with Crippen molar-refractivity contribution in [3.63, 3.8) is 0 Å². The minimum atomic E-state index is 0.410. The van der Waals surface area contributed by atoms with E-state index >= 15 is 0 Å². The zero-order valence-corrected chi connectivity index (χ0v) is 13.3. The monoisotopic (exact) mass is 285 g/mol. The number of hydrogen-bond acceptors (Lipinski definition) is 5. The van der Waals surface area contributed by atoms with E-state index in [9.17, 15) is 0 Å². The molecule has 1 N–H and O–H groups in total. The summed E-state index contributed by atoms with van der Waals surface area (Å²) < 4.78 is 0. The van der Waals surface area contributed by atoms with Gasteiger partial charge in [0.05, 0.1) is 0 Å². The molecule has 1 fully saturated rings. The van der Waals surface area contributed by atoms with Crippen LogP contribution in [0.25, 0.3) is 0 Å². The molecule has 1 saturated heterocycles. The fourth-order valence-corrected chi connectivity index (χ4v) is 4.38. The summed E-state index contributed by atoms with van der Waals surface area (Å²) in [5, 5.41) is 5.33. The number of nitrogens with zero attached hydrogens (tertiary/aromatic N) is 2. The van der Waals surface area contributed by atoms with E-state index in [-0.39, 0.29) is 0 Å². The molecular weight excluding hydrogens is 262 g/mol. The molecule has 3 atom stereocenters. The molecular formula is C13H23N3S2. The van der Waals surface area contributed by atoms with Gasteiger partial charge in [-0.1, -0.05) is 13.8 Å². The highest BCUT2D eigenvalue weighted by molar-refractivity contribution is 8.00. The fourth-order valence-electron chi connectivity index (χ4n) is 2.22. The molecule has 0 aromatic carbocycles. The van der Waals surface area contributed by atoms with Crippen molar-refractivity contribution < 1.29 is 0 Å². The summed E-state index contributed by atoms with van der Waals surface area (Å²) in [5.74, 6) is 1.21. The molecule has 1 aromatic heterocycles. The maximum absolute atomic E-state index is 4.62. The molecule has 0 amide bonds. The topological polar surface area (TPSA) is 28.2 Å². The standard InChI is InChI=1S/C13H23N3S2/c1-5-14-9(2)12-8-15-13(18-12)16-6-7-17-11(4)10(16)3/h8-11,14H,5-7H2,1-4H3. The molecule has 3 nitrogen and oxygen atoms in total. The van der Waals surface area contributed by atoms with E-state index < -0.39 is 0 Å². The largest absolute Gasteiger partial charge is 0.343 e. The highest BCUT2D eigenvalue weighted by Gasteiger charge is 2.27. The summed E-state index contributed by atoms with van der Waals surface area (Å²) >= 11 is 3.90. The van der Waals surface area contributed by atoms with Gasteiger partial charge in [-0.2, -0.15) is 11.8 Å². The third kappa shape index (κ3) is 3.00. The van der Waals surface area contributed by atoms with E-state index in [0.717, 1.165) is 13.1 Å². The maximum Gasteiger partial charge on any atom is 0.185 e. The molecule has 0 bridgehead atoms. The van der Waals surface area contributed by atoms with E-state index in [1.54, 1.807) is 0 Å². The van der Waals surface area contributed by atoms with Crippen molar-refractivity contribution in [3.05, 3.63) is 11.1 Å². The minimum Gasteiger partial charge on any atom is -0.343 e. The van der Waals surface area contributed by atoms with Gasteiger partial charge in [0, 0.05) is 40.7 Å². The van der Waals surface area contributed by atoms with Crippen LogP contribution < -0.4 is 10.2 Å². The summed E-state index contributed by atoms with van der Waals surface area (Å²) in [6.07, 6.45) is 2.03. The molecule has 2 rings (SSSR count). The molecule has 102 valence electrons. The third-order valence-corrected chi connectivity index (χ3v) is 6.13. The lowest BCUT2D eigenvalue weighted by molar-refractivity contribution is 0.606. The van der Waals surface area contributed by atoms with Crippen LogP contribution in [0.4, 0.5) is 5.13 Å². The Morgan fingerprint density at radius 3 is 3.06 bits per heavy atom. The molecule has 2 heterocycles. The Morgan fingerprint density at radius 2 is 2.33 bits per heavy atom. The zero-order chi connectivity index (χ0) is 13.1. The highest BCUT2D eigenvalue weighted by Crippen LogP contribution is 2.33. The van der Waals surface area contributed by atoms with Crippen molar-refractivity contribution >= 4 is 28.2 Å². The third-order valence-electron chi connectivity index (χ3n) is 3.58. The van der Waals surface area contributed by atoms with E-state index in [2.05, 4.69) is 54.7 Å². The first-order valence-electron chi connectivity index (χ1n) is 6.70. The smallest absolute Gasteiger partial charge is 0.185 e. The average Bonchev–Trinajstić information content (AvgIpc) is 2.82. The summed E-state index contributed by atoms with van der Waals surface area (Å²) in [5.41, 5.74) is 0. The Balaban J connectivity index is 2.09. The van der Waals surface area contributed by atoms with Gasteiger partial charge < -0.3 is 10.2 Å². The Bertz CT molecular complexity index is 380. The first-order chi connectivity index (χ1) is 8.63. The van der Waals surface area contributed by atoms with Gasteiger partial charge in [0.1, 0.15) is 0 Å². The summed E-state index contributed by atoms with van der Waals surface area (Å²) in [4.78, 5) is 8.43. The van der Waals surface area contributed by atoms with Gasteiger partial charge in [-0.25, -0.2) is 4.98 Å². The number of nitrogens with one attached hydrogen (secondary N) is 1. The van der Waals surface area contributed by atoms with Crippen molar-refractivity contribution in [1.29, 1.82) is 0 Å². The first-order valence-corrected chi connectivity index (χ1v) is 8.57. The molecule has 0 radical (unpaired) electrons. The fraction of sp³-hybridized carbons (Fsp3) is 0.769. The predicted octanol–water partition coefficient (Wildman–Crippen LogP) is 3.14. The Labute approximate surface area is 118 Å². The van der Waals surface area contributed by atoms with Crippen LogP contribution in [-0.2, 0) is 0 Å². The zero-order valence-electron chi connectivity index (χ0n) is 11.6. The predicted molar refractivity (Wildman–Crippen MR) is 82.9 cm³/mol. The molecule has 1 aliphatic heterocycles. The van der Waals surface area contributed by atoms with Crippen LogP contribution in [0.1, 0.15) is 38.6 Å². The van der Waals surface area contributed by atoms with Crippen molar-refractivity contribution in [1.82, 2.24) is 10.3 Å². The quantitative estimate of drug-likeness (QED) is 0.920. The SMILES string of the molecule is CCNC(C)c1cnc(N2CCSC(C)C2C)s1. The normalized spacial score (nSPS) is 26.3. The van der Waals surface area contributed by atoms with E-state index in [0.29, 0.717) is 17.3 Å². The first kappa shape index (κ1) is 14.2. The molecule has 0 aliphatic carbocycles. The van der Waals surface area contributed by atoms with Crippen LogP contribution in [0.3, 0.4) is 0 Å². The van der Waals surface area contributed by atoms with Crippen LogP contribution in [0, 0.1) is 0 Å². The van der Waals surface area contributed by atoms with Gasteiger partial charge >= 0.3 is 0 Å². The lowest BCUT2D eigenvalue weighted by atomic mass is 10.2. The Kier molecular flexibility index (Phi) is 4.92. The van der Waals surface area contributed by atoms with Crippen molar-refractivity contribution in [2.45, 2.75) is 45.0 Å². The van der Waals surface area contributed by atoms with Crippen LogP contribution >= 0.6 is 23.1 Å². The number of thiazole rings is 1. The number of hydrogen-bond donors (Lipinski definition) is 1. The lowest BCUT2D eigenvalue weighted by Crippen LogP contribution is -2.44. The van der Waals surface area contributed by atoms with Crippen LogP contribution in [0.15, 0.2) is 6.20 Å². The van der Waals surface area contributed by atoms with Crippen LogP contribution in [0.2, 0.25) is 0 Å². The minimum absolute atomic E-state index is 0.410. The Morgan fingerprint density at radius 1 is 1.56 bits per heavy atom.